The van der Waals surface area contributed by atoms with Crippen LogP contribution >= 0.6 is 27.7 Å². The van der Waals surface area contributed by atoms with Crippen LogP contribution in [0.15, 0.2) is 58.3 Å². The molecule has 2 aromatic carbocycles. The van der Waals surface area contributed by atoms with Gasteiger partial charge in [-0.25, -0.2) is 14.4 Å². The molecule has 100 valence electrons. The second-order valence-corrected chi connectivity index (χ2v) is 5.95. The van der Waals surface area contributed by atoms with Crippen molar-refractivity contribution in [2.75, 3.05) is 0 Å². The maximum Gasteiger partial charge on any atom is 0.137 e. The maximum absolute atomic E-state index is 13.5. The van der Waals surface area contributed by atoms with Crippen LogP contribution in [0.5, 0.6) is 0 Å². The third-order valence-corrected chi connectivity index (χ3v) is 4.84. The van der Waals surface area contributed by atoms with Crippen LogP contribution in [0.3, 0.4) is 0 Å². The predicted molar refractivity (Wildman–Crippen MR) is 83.2 cm³/mol. The lowest BCUT2D eigenvalue weighted by molar-refractivity contribution is 0.619. The van der Waals surface area contributed by atoms with Gasteiger partial charge >= 0.3 is 0 Å². The van der Waals surface area contributed by atoms with E-state index in [4.69, 9.17) is 0 Å². The molecule has 0 spiro atoms. The second-order valence-electron chi connectivity index (χ2n) is 4.20. The monoisotopic (exact) mass is 348 g/mol. The zero-order valence-corrected chi connectivity index (χ0v) is 12.8. The molecule has 2 nitrogen and oxygen atoms in total. The lowest BCUT2D eigenvalue weighted by atomic mass is 10.2. The summed E-state index contributed by atoms with van der Waals surface area (Å²) in [6.07, 6.45) is 1.56. The molecule has 5 heteroatoms. The van der Waals surface area contributed by atoms with Crippen molar-refractivity contribution in [1.29, 1.82) is 0 Å². The van der Waals surface area contributed by atoms with Crippen LogP contribution < -0.4 is 0 Å². The molecule has 0 saturated heterocycles. The van der Waals surface area contributed by atoms with Gasteiger partial charge in [0.05, 0.1) is 9.99 Å². The number of halogens is 2. The predicted octanol–water partition coefficient (Wildman–Crippen LogP) is 4.82. The van der Waals surface area contributed by atoms with Crippen molar-refractivity contribution in [2.24, 2.45) is 0 Å². The standard InChI is InChI=1S/C15H10BrFN2S/c16-14-10(4-3-6-12(14)17)8-20-15-11-5-1-2-7-13(11)18-9-19-15/h1-7,9H,8H2. The lowest BCUT2D eigenvalue weighted by Crippen LogP contribution is -1.90. The molecule has 0 unspecified atom stereocenters. The zero-order chi connectivity index (χ0) is 13.9. The van der Waals surface area contributed by atoms with Gasteiger partial charge in [-0.2, -0.15) is 0 Å². The van der Waals surface area contributed by atoms with E-state index in [1.54, 1.807) is 24.2 Å². The van der Waals surface area contributed by atoms with Gasteiger partial charge in [0.2, 0.25) is 0 Å². The third-order valence-electron chi connectivity index (χ3n) is 2.90. The first-order chi connectivity index (χ1) is 9.75. The van der Waals surface area contributed by atoms with E-state index in [9.17, 15) is 4.39 Å². The van der Waals surface area contributed by atoms with Gasteiger partial charge in [0.1, 0.15) is 17.2 Å². The summed E-state index contributed by atoms with van der Waals surface area (Å²) in [6, 6.07) is 12.9. The number of fused-ring (bicyclic) bond motifs is 1. The first-order valence-corrected chi connectivity index (χ1v) is 7.79. The highest BCUT2D eigenvalue weighted by molar-refractivity contribution is 9.10. The van der Waals surface area contributed by atoms with Crippen LogP contribution in [0.4, 0.5) is 4.39 Å². The summed E-state index contributed by atoms with van der Waals surface area (Å²) >= 11 is 4.86. The van der Waals surface area contributed by atoms with Crippen molar-refractivity contribution in [1.82, 2.24) is 9.97 Å². The third kappa shape index (κ3) is 2.69. The number of rotatable bonds is 3. The molecule has 0 aliphatic heterocycles. The molecule has 0 amide bonds. The highest BCUT2D eigenvalue weighted by Crippen LogP contribution is 2.30. The molecule has 0 aliphatic carbocycles. The number of aromatic nitrogens is 2. The molecule has 0 aliphatic rings. The van der Waals surface area contributed by atoms with Crippen molar-refractivity contribution in [2.45, 2.75) is 10.8 Å². The van der Waals surface area contributed by atoms with E-state index in [1.165, 1.54) is 6.07 Å². The number of benzene rings is 2. The van der Waals surface area contributed by atoms with E-state index in [0.29, 0.717) is 10.2 Å². The molecule has 1 heterocycles. The van der Waals surface area contributed by atoms with E-state index < -0.39 is 0 Å². The zero-order valence-electron chi connectivity index (χ0n) is 10.4. The highest BCUT2D eigenvalue weighted by atomic mass is 79.9. The van der Waals surface area contributed by atoms with E-state index in [-0.39, 0.29) is 5.82 Å². The van der Waals surface area contributed by atoms with Gasteiger partial charge in [0, 0.05) is 11.1 Å². The SMILES string of the molecule is Fc1cccc(CSc2ncnc3ccccc23)c1Br. The van der Waals surface area contributed by atoms with Crippen LogP contribution in [0.25, 0.3) is 10.9 Å². The van der Waals surface area contributed by atoms with E-state index in [0.717, 1.165) is 21.5 Å². The summed E-state index contributed by atoms with van der Waals surface area (Å²) in [6.45, 7) is 0. The molecule has 20 heavy (non-hydrogen) atoms. The molecule has 0 N–H and O–H groups in total. The normalized spacial score (nSPS) is 10.9. The number of thioether (sulfide) groups is 1. The van der Waals surface area contributed by atoms with Gasteiger partial charge < -0.3 is 0 Å². The first-order valence-electron chi connectivity index (χ1n) is 6.01. The maximum atomic E-state index is 13.5. The van der Waals surface area contributed by atoms with E-state index in [2.05, 4.69) is 25.9 Å². The molecule has 0 atom stereocenters. The molecule has 0 fully saturated rings. The Balaban J connectivity index is 1.89. The van der Waals surface area contributed by atoms with Crippen molar-refractivity contribution in [3.05, 3.63) is 64.6 Å². The summed E-state index contributed by atoms with van der Waals surface area (Å²) in [5, 5.41) is 1.93. The topological polar surface area (TPSA) is 25.8 Å². The largest absolute Gasteiger partial charge is 0.236 e. The fourth-order valence-electron chi connectivity index (χ4n) is 1.90. The fourth-order valence-corrected chi connectivity index (χ4v) is 3.47. The van der Waals surface area contributed by atoms with Gasteiger partial charge in [0.25, 0.3) is 0 Å². The van der Waals surface area contributed by atoms with E-state index in [1.807, 2.05) is 30.3 Å². The lowest BCUT2D eigenvalue weighted by Gasteiger charge is -2.06. The highest BCUT2D eigenvalue weighted by Gasteiger charge is 2.08. The van der Waals surface area contributed by atoms with Gasteiger partial charge in [0.15, 0.2) is 0 Å². The molecule has 1 aromatic heterocycles. The Bertz CT molecular complexity index is 758. The van der Waals surface area contributed by atoms with Gasteiger partial charge in [-0.1, -0.05) is 30.3 Å². The van der Waals surface area contributed by atoms with Crippen molar-refractivity contribution < 1.29 is 4.39 Å². The average Bonchev–Trinajstić information content (AvgIpc) is 2.49. The van der Waals surface area contributed by atoms with Crippen LogP contribution in [0, 0.1) is 5.82 Å². The Labute approximate surface area is 128 Å². The number of hydrogen-bond acceptors (Lipinski definition) is 3. The molecular formula is C15H10BrFN2S. The molecule has 3 aromatic rings. The van der Waals surface area contributed by atoms with Crippen LogP contribution in [-0.2, 0) is 5.75 Å². The van der Waals surface area contributed by atoms with Crippen LogP contribution in [0.1, 0.15) is 5.56 Å². The van der Waals surface area contributed by atoms with Crippen molar-refractivity contribution >= 4 is 38.6 Å². The van der Waals surface area contributed by atoms with Crippen LogP contribution in [-0.4, -0.2) is 9.97 Å². The van der Waals surface area contributed by atoms with Crippen molar-refractivity contribution in [3.8, 4) is 0 Å². The van der Waals surface area contributed by atoms with Crippen molar-refractivity contribution in [3.63, 3.8) is 0 Å². The number of para-hydroxylation sites is 1. The quantitative estimate of drug-likeness (QED) is 0.501. The average molecular weight is 349 g/mol. The Hall–Kier alpha value is -1.46. The van der Waals surface area contributed by atoms with Crippen LogP contribution in [0.2, 0.25) is 0 Å². The van der Waals surface area contributed by atoms with E-state index >= 15 is 0 Å². The molecular weight excluding hydrogens is 339 g/mol. The Kier molecular flexibility index (Phi) is 3.98. The molecule has 0 saturated carbocycles. The Morgan fingerprint density at radius 2 is 1.90 bits per heavy atom. The summed E-state index contributed by atoms with van der Waals surface area (Å²) in [5.74, 6) is 0.412. The number of hydrogen-bond donors (Lipinski definition) is 0. The van der Waals surface area contributed by atoms with Gasteiger partial charge in [-0.3, -0.25) is 0 Å². The Morgan fingerprint density at radius 1 is 1.05 bits per heavy atom. The fraction of sp³-hybridized carbons (Fsp3) is 0.0667. The summed E-state index contributed by atoms with van der Waals surface area (Å²) < 4.78 is 14.0. The first kappa shape index (κ1) is 13.5. The summed E-state index contributed by atoms with van der Waals surface area (Å²) in [5.41, 5.74) is 1.83. The second kappa shape index (κ2) is 5.89. The number of nitrogens with zero attached hydrogens (tertiary/aromatic N) is 2. The smallest absolute Gasteiger partial charge is 0.137 e. The minimum atomic E-state index is -0.240. The molecule has 0 radical (unpaired) electrons. The minimum absolute atomic E-state index is 0.240. The summed E-state index contributed by atoms with van der Waals surface area (Å²) in [7, 11) is 0. The summed E-state index contributed by atoms with van der Waals surface area (Å²) in [4.78, 5) is 8.55. The molecule has 0 bridgehead atoms. The Morgan fingerprint density at radius 3 is 2.80 bits per heavy atom. The van der Waals surface area contributed by atoms with Gasteiger partial charge in [-0.15, -0.1) is 11.8 Å². The minimum Gasteiger partial charge on any atom is -0.236 e. The van der Waals surface area contributed by atoms with Gasteiger partial charge in [-0.05, 0) is 33.6 Å². The molecule has 3 rings (SSSR count).